The number of hydrogen-bond donors (Lipinski definition) is 3. The highest BCUT2D eigenvalue weighted by Gasteiger charge is 2.45. The zero-order valence-corrected chi connectivity index (χ0v) is 11.3. The summed E-state index contributed by atoms with van der Waals surface area (Å²) in [6.07, 6.45) is -4.94. The van der Waals surface area contributed by atoms with Crippen molar-refractivity contribution in [1.29, 1.82) is 0 Å². The zero-order valence-electron chi connectivity index (χ0n) is 11.3. The number of ether oxygens (including phenoxy) is 3. The fraction of sp³-hybridized carbons (Fsp3) is 0.571. The molecule has 1 aliphatic heterocycles. The van der Waals surface area contributed by atoms with Crippen LogP contribution in [0.25, 0.3) is 0 Å². The molecule has 0 saturated carbocycles. The first kappa shape index (κ1) is 15.4. The first-order valence-electron chi connectivity index (χ1n) is 6.48. The monoisotopic (exact) mass is 284 g/mol. The Morgan fingerprint density at radius 2 is 1.85 bits per heavy atom. The van der Waals surface area contributed by atoms with Crippen LogP contribution in [-0.4, -0.2) is 59.7 Å². The van der Waals surface area contributed by atoms with E-state index in [0.29, 0.717) is 0 Å². The molecule has 6 heteroatoms. The molecule has 0 radical (unpaired) electrons. The molecule has 1 heterocycles. The van der Waals surface area contributed by atoms with E-state index in [1.54, 1.807) is 0 Å². The van der Waals surface area contributed by atoms with Crippen molar-refractivity contribution in [1.82, 2.24) is 0 Å². The van der Waals surface area contributed by atoms with Gasteiger partial charge in [-0.05, 0) is 5.56 Å². The molecule has 0 amide bonds. The van der Waals surface area contributed by atoms with Gasteiger partial charge in [0.25, 0.3) is 0 Å². The van der Waals surface area contributed by atoms with E-state index in [2.05, 4.69) is 0 Å². The highest BCUT2D eigenvalue weighted by Crippen LogP contribution is 2.24. The number of hydrogen-bond acceptors (Lipinski definition) is 6. The standard InChI is InChI=1S/C14H20O6/c1-18-14-12(17)11(16)13(10(7-15)20-14)19-8-9-5-3-2-4-6-9/h2-6,10-17H,7-8H2,1H3/t10-,11-,12-,13-,14?/m1/s1. The van der Waals surface area contributed by atoms with Crippen LogP contribution in [-0.2, 0) is 20.8 Å². The van der Waals surface area contributed by atoms with Gasteiger partial charge in [0.1, 0.15) is 24.4 Å². The SMILES string of the molecule is COC1O[C@H](CO)[C@@H](OCc2ccccc2)[C@H](O)[C@H]1O. The molecule has 0 spiro atoms. The third kappa shape index (κ3) is 3.35. The summed E-state index contributed by atoms with van der Waals surface area (Å²) in [6.45, 7) is -0.0735. The maximum absolute atomic E-state index is 10.1. The van der Waals surface area contributed by atoms with Crippen molar-refractivity contribution in [3.63, 3.8) is 0 Å². The molecular formula is C14H20O6. The van der Waals surface area contributed by atoms with Crippen LogP contribution in [0.1, 0.15) is 5.56 Å². The van der Waals surface area contributed by atoms with E-state index < -0.39 is 30.7 Å². The van der Waals surface area contributed by atoms with Gasteiger partial charge in [-0.2, -0.15) is 0 Å². The molecule has 112 valence electrons. The van der Waals surface area contributed by atoms with Crippen molar-refractivity contribution in [3.8, 4) is 0 Å². The molecule has 1 unspecified atom stereocenters. The molecule has 1 aromatic carbocycles. The lowest BCUT2D eigenvalue weighted by Gasteiger charge is -2.41. The van der Waals surface area contributed by atoms with Gasteiger partial charge in [-0.25, -0.2) is 0 Å². The van der Waals surface area contributed by atoms with Crippen LogP contribution < -0.4 is 0 Å². The summed E-state index contributed by atoms with van der Waals surface area (Å²) in [4.78, 5) is 0. The van der Waals surface area contributed by atoms with Crippen molar-refractivity contribution in [2.75, 3.05) is 13.7 Å². The lowest BCUT2D eigenvalue weighted by Crippen LogP contribution is -2.59. The van der Waals surface area contributed by atoms with E-state index in [1.807, 2.05) is 30.3 Å². The Bertz CT molecular complexity index is 396. The number of methoxy groups -OCH3 is 1. The lowest BCUT2D eigenvalue weighted by atomic mass is 9.99. The minimum Gasteiger partial charge on any atom is -0.394 e. The number of benzene rings is 1. The summed E-state index contributed by atoms with van der Waals surface area (Å²) in [5.74, 6) is 0. The molecule has 1 aromatic rings. The average molecular weight is 284 g/mol. The second-order valence-corrected chi connectivity index (χ2v) is 4.70. The highest BCUT2D eigenvalue weighted by molar-refractivity contribution is 5.13. The van der Waals surface area contributed by atoms with Crippen LogP contribution >= 0.6 is 0 Å². The van der Waals surface area contributed by atoms with Crippen LogP contribution in [0.3, 0.4) is 0 Å². The summed E-state index contributed by atoms with van der Waals surface area (Å²) in [6, 6.07) is 9.43. The van der Waals surface area contributed by atoms with Gasteiger partial charge in [0.2, 0.25) is 0 Å². The van der Waals surface area contributed by atoms with Gasteiger partial charge in [-0.1, -0.05) is 30.3 Å². The van der Waals surface area contributed by atoms with E-state index in [9.17, 15) is 15.3 Å². The van der Waals surface area contributed by atoms with Gasteiger partial charge < -0.3 is 29.5 Å². The second kappa shape index (κ2) is 7.12. The molecule has 2 rings (SSSR count). The van der Waals surface area contributed by atoms with E-state index >= 15 is 0 Å². The predicted octanol–water partition coefficient (Wildman–Crippen LogP) is -0.343. The molecule has 0 aliphatic carbocycles. The van der Waals surface area contributed by atoms with E-state index in [-0.39, 0.29) is 13.2 Å². The van der Waals surface area contributed by atoms with Crippen molar-refractivity contribution in [3.05, 3.63) is 35.9 Å². The minimum absolute atomic E-state index is 0.257. The molecule has 1 aliphatic rings. The highest BCUT2D eigenvalue weighted by atomic mass is 16.7. The molecule has 3 N–H and O–H groups in total. The summed E-state index contributed by atoms with van der Waals surface area (Å²) < 4.78 is 15.9. The minimum atomic E-state index is -1.22. The Morgan fingerprint density at radius 3 is 2.45 bits per heavy atom. The lowest BCUT2D eigenvalue weighted by molar-refractivity contribution is -0.302. The van der Waals surface area contributed by atoms with Crippen LogP contribution in [0.2, 0.25) is 0 Å². The Balaban J connectivity index is 2.01. The fourth-order valence-corrected chi connectivity index (χ4v) is 2.22. The van der Waals surface area contributed by atoms with Crippen molar-refractivity contribution >= 4 is 0 Å². The molecule has 1 fully saturated rings. The van der Waals surface area contributed by atoms with Crippen molar-refractivity contribution < 1.29 is 29.5 Å². The second-order valence-electron chi connectivity index (χ2n) is 4.70. The quantitative estimate of drug-likeness (QED) is 0.685. The molecule has 1 saturated heterocycles. The zero-order chi connectivity index (χ0) is 14.5. The van der Waals surface area contributed by atoms with Gasteiger partial charge in [0, 0.05) is 7.11 Å². The number of aliphatic hydroxyl groups is 3. The Hall–Kier alpha value is -1.02. The van der Waals surface area contributed by atoms with E-state index in [0.717, 1.165) is 5.56 Å². The summed E-state index contributed by atoms with van der Waals surface area (Å²) in [5.41, 5.74) is 0.930. The fourth-order valence-electron chi connectivity index (χ4n) is 2.22. The maximum Gasteiger partial charge on any atom is 0.186 e. The summed E-state index contributed by atoms with van der Waals surface area (Å²) in [7, 11) is 1.36. The van der Waals surface area contributed by atoms with Gasteiger partial charge in [0.15, 0.2) is 6.29 Å². The Morgan fingerprint density at radius 1 is 1.15 bits per heavy atom. The first-order chi connectivity index (χ1) is 9.67. The van der Waals surface area contributed by atoms with E-state index in [4.69, 9.17) is 14.2 Å². The number of aliphatic hydroxyl groups excluding tert-OH is 3. The van der Waals surface area contributed by atoms with Crippen molar-refractivity contribution in [2.45, 2.75) is 37.3 Å². The predicted molar refractivity (Wildman–Crippen MR) is 69.8 cm³/mol. The molecule has 0 aromatic heterocycles. The van der Waals surface area contributed by atoms with Crippen LogP contribution in [0, 0.1) is 0 Å². The smallest absolute Gasteiger partial charge is 0.186 e. The normalized spacial score (nSPS) is 34.1. The van der Waals surface area contributed by atoms with Crippen LogP contribution in [0.15, 0.2) is 30.3 Å². The van der Waals surface area contributed by atoms with E-state index in [1.165, 1.54) is 7.11 Å². The Labute approximate surface area is 117 Å². The maximum atomic E-state index is 10.1. The first-order valence-corrected chi connectivity index (χ1v) is 6.48. The molecular weight excluding hydrogens is 264 g/mol. The van der Waals surface area contributed by atoms with Crippen LogP contribution in [0.5, 0.6) is 0 Å². The van der Waals surface area contributed by atoms with Crippen LogP contribution in [0.4, 0.5) is 0 Å². The number of rotatable bonds is 5. The largest absolute Gasteiger partial charge is 0.394 e. The van der Waals surface area contributed by atoms with Gasteiger partial charge >= 0.3 is 0 Å². The van der Waals surface area contributed by atoms with Gasteiger partial charge in [0.05, 0.1) is 13.2 Å². The topological polar surface area (TPSA) is 88.4 Å². The van der Waals surface area contributed by atoms with Crippen molar-refractivity contribution in [2.24, 2.45) is 0 Å². The Kier molecular flexibility index (Phi) is 5.47. The van der Waals surface area contributed by atoms with Gasteiger partial charge in [-0.15, -0.1) is 0 Å². The molecule has 5 atom stereocenters. The molecule has 0 bridgehead atoms. The summed E-state index contributed by atoms with van der Waals surface area (Å²) >= 11 is 0. The summed E-state index contributed by atoms with van der Waals surface area (Å²) in [5, 5.41) is 29.3. The average Bonchev–Trinajstić information content (AvgIpc) is 2.49. The molecule has 20 heavy (non-hydrogen) atoms. The molecule has 6 nitrogen and oxygen atoms in total. The third-order valence-electron chi connectivity index (χ3n) is 3.34. The van der Waals surface area contributed by atoms with Gasteiger partial charge in [-0.3, -0.25) is 0 Å². The third-order valence-corrected chi connectivity index (χ3v) is 3.34.